The molecule has 0 N–H and O–H groups in total. The fourth-order valence-electron chi connectivity index (χ4n) is 0.440. The van der Waals surface area contributed by atoms with Gasteiger partial charge in [-0.15, -0.1) is 0 Å². The Bertz CT molecular complexity index is 161. The van der Waals surface area contributed by atoms with Gasteiger partial charge in [0.15, 0.2) is 0 Å². The number of unbranched alkanes of at least 4 members (excludes halogenated alkanes) is 1. The number of aryl methyl sites for hydroxylation is 2. The maximum Gasteiger partial charge on any atom is 0.105 e. The maximum atomic E-state index is 3.98. The van der Waals surface area contributed by atoms with Gasteiger partial charge in [-0.05, 0) is 6.92 Å². The molecule has 0 unspecified atom stereocenters. The van der Waals surface area contributed by atoms with Crippen molar-refractivity contribution in [2.75, 3.05) is 0 Å². The first-order valence-electron chi connectivity index (χ1n) is 4.16. The van der Waals surface area contributed by atoms with Crippen LogP contribution in [0.25, 0.3) is 0 Å². The summed E-state index contributed by atoms with van der Waals surface area (Å²) in [6.45, 7) is 6.33. The first-order valence-corrected chi connectivity index (χ1v) is 4.16. The molecule has 0 spiro atoms. The average molecular weight is 154 g/mol. The Morgan fingerprint density at radius 1 is 1.36 bits per heavy atom. The molecule has 0 aliphatic rings. The molecular weight excluding hydrogens is 136 g/mol. The van der Waals surface area contributed by atoms with Crippen LogP contribution >= 0.6 is 0 Å². The Morgan fingerprint density at radius 2 is 1.91 bits per heavy atom. The first-order chi connectivity index (χ1) is 5.22. The molecule has 1 aromatic rings. The van der Waals surface area contributed by atoms with Gasteiger partial charge in [-0.25, -0.2) is 4.98 Å². The molecule has 1 aromatic heterocycles. The van der Waals surface area contributed by atoms with Crippen molar-refractivity contribution in [2.45, 2.75) is 33.6 Å². The SMILES string of the molecule is CCCC.Cc1nccn1C. The van der Waals surface area contributed by atoms with Crippen molar-refractivity contribution in [3.8, 4) is 0 Å². The highest BCUT2D eigenvalue weighted by Crippen LogP contribution is 1.86. The molecular formula is C9H18N2. The molecule has 0 bridgehead atoms. The maximum absolute atomic E-state index is 3.98. The molecule has 1 rings (SSSR count). The minimum Gasteiger partial charge on any atom is -0.338 e. The lowest BCUT2D eigenvalue weighted by molar-refractivity contribution is 0.858. The molecule has 0 atom stereocenters. The second-order valence-corrected chi connectivity index (χ2v) is 2.59. The third-order valence-electron chi connectivity index (χ3n) is 1.56. The van der Waals surface area contributed by atoms with Gasteiger partial charge in [-0.3, -0.25) is 0 Å². The summed E-state index contributed by atoms with van der Waals surface area (Å²) in [4.78, 5) is 3.98. The summed E-state index contributed by atoms with van der Waals surface area (Å²) in [7, 11) is 1.97. The van der Waals surface area contributed by atoms with Gasteiger partial charge in [0.2, 0.25) is 0 Å². The van der Waals surface area contributed by atoms with Gasteiger partial charge in [0, 0.05) is 19.4 Å². The standard InChI is InChI=1S/C5H8N2.C4H10/c1-5-6-3-4-7(5)2;1-3-4-2/h3-4H,1-2H3;3-4H2,1-2H3. The van der Waals surface area contributed by atoms with Crippen molar-refractivity contribution >= 4 is 0 Å². The van der Waals surface area contributed by atoms with E-state index < -0.39 is 0 Å². The van der Waals surface area contributed by atoms with Gasteiger partial charge in [-0.2, -0.15) is 0 Å². The lowest BCUT2D eigenvalue weighted by atomic mass is 10.4. The molecule has 2 heteroatoms. The highest BCUT2D eigenvalue weighted by Gasteiger charge is 1.83. The number of rotatable bonds is 1. The van der Waals surface area contributed by atoms with Crippen LogP contribution in [0.4, 0.5) is 0 Å². The van der Waals surface area contributed by atoms with E-state index in [1.807, 2.05) is 24.7 Å². The molecule has 0 aromatic carbocycles. The lowest BCUT2D eigenvalue weighted by Gasteiger charge is -1.87. The molecule has 1 heterocycles. The van der Waals surface area contributed by atoms with Gasteiger partial charge < -0.3 is 4.57 Å². The summed E-state index contributed by atoms with van der Waals surface area (Å²) in [5.41, 5.74) is 0. The molecule has 0 saturated heterocycles. The third-order valence-corrected chi connectivity index (χ3v) is 1.56. The zero-order chi connectivity index (χ0) is 8.69. The quantitative estimate of drug-likeness (QED) is 0.607. The van der Waals surface area contributed by atoms with Crippen molar-refractivity contribution in [1.29, 1.82) is 0 Å². The Labute approximate surface area is 69.3 Å². The van der Waals surface area contributed by atoms with Crippen LogP contribution in [0.2, 0.25) is 0 Å². The monoisotopic (exact) mass is 154 g/mol. The Hall–Kier alpha value is -0.790. The molecule has 0 aliphatic heterocycles. The normalized spacial score (nSPS) is 8.73. The van der Waals surface area contributed by atoms with E-state index in [0.29, 0.717) is 0 Å². The van der Waals surface area contributed by atoms with E-state index in [2.05, 4.69) is 18.8 Å². The lowest BCUT2D eigenvalue weighted by Crippen LogP contribution is -1.86. The van der Waals surface area contributed by atoms with Crippen LogP contribution in [0.1, 0.15) is 32.5 Å². The number of aromatic nitrogens is 2. The Kier molecular flexibility index (Phi) is 5.53. The van der Waals surface area contributed by atoms with E-state index in [9.17, 15) is 0 Å². The summed E-state index contributed by atoms with van der Waals surface area (Å²) in [6, 6.07) is 0. The Balaban J connectivity index is 0.000000218. The van der Waals surface area contributed by atoms with Crippen molar-refractivity contribution < 1.29 is 0 Å². The molecule has 0 aliphatic carbocycles. The highest BCUT2D eigenvalue weighted by molar-refractivity contribution is 4.85. The van der Waals surface area contributed by atoms with Crippen LogP contribution < -0.4 is 0 Å². The largest absolute Gasteiger partial charge is 0.338 e. The summed E-state index contributed by atoms with van der Waals surface area (Å²) < 4.78 is 1.97. The molecule has 0 amide bonds. The van der Waals surface area contributed by atoms with Crippen LogP contribution in [0, 0.1) is 6.92 Å². The highest BCUT2D eigenvalue weighted by atomic mass is 15.0. The first kappa shape index (κ1) is 10.2. The van der Waals surface area contributed by atoms with Gasteiger partial charge in [0.05, 0.1) is 0 Å². The van der Waals surface area contributed by atoms with Crippen molar-refractivity contribution in [1.82, 2.24) is 9.55 Å². The Morgan fingerprint density at radius 3 is 2.00 bits per heavy atom. The topological polar surface area (TPSA) is 17.8 Å². The van der Waals surface area contributed by atoms with Gasteiger partial charge in [0.25, 0.3) is 0 Å². The van der Waals surface area contributed by atoms with E-state index in [4.69, 9.17) is 0 Å². The summed E-state index contributed by atoms with van der Waals surface area (Å²) in [5, 5.41) is 0. The minimum atomic E-state index is 1.06. The van der Waals surface area contributed by atoms with Crippen LogP contribution in [-0.2, 0) is 7.05 Å². The second kappa shape index (κ2) is 5.96. The second-order valence-electron chi connectivity index (χ2n) is 2.59. The average Bonchev–Trinajstić information content (AvgIpc) is 2.37. The predicted molar refractivity (Wildman–Crippen MR) is 48.5 cm³/mol. The van der Waals surface area contributed by atoms with Gasteiger partial charge >= 0.3 is 0 Å². The van der Waals surface area contributed by atoms with Crippen LogP contribution in [0.3, 0.4) is 0 Å². The van der Waals surface area contributed by atoms with E-state index >= 15 is 0 Å². The van der Waals surface area contributed by atoms with Crippen molar-refractivity contribution in [3.63, 3.8) is 0 Å². The fourth-order valence-corrected chi connectivity index (χ4v) is 0.440. The van der Waals surface area contributed by atoms with Gasteiger partial charge in [-0.1, -0.05) is 26.7 Å². The van der Waals surface area contributed by atoms with Crippen LogP contribution in [-0.4, -0.2) is 9.55 Å². The van der Waals surface area contributed by atoms with Gasteiger partial charge in [0.1, 0.15) is 5.82 Å². The fraction of sp³-hybridized carbons (Fsp3) is 0.667. The van der Waals surface area contributed by atoms with Crippen LogP contribution in [0.15, 0.2) is 12.4 Å². The number of hydrogen-bond acceptors (Lipinski definition) is 1. The number of hydrogen-bond donors (Lipinski definition) is 0. The van der Waals surface area contributed by atoms with E-state index in [-0.39, 0.29) is 0 Å². The molecule has 0 saturated carbocycles. The van der Waals surface area contributed by atoms with Crippen molar-refractivity contribution in [3.05, 3.63) is 18.2 Å². The zero-order valence-electron chi connectivity index (χ0n) is 7.96. The van der Waals surface area contributed by atoms with E-state index in [0.717, 1.165) is 5.82 Å². The smallest absolute Gasteiger partial charge is 0.105 e. The molecule has 11 heavy (non-hydrogen) atoms. The zero-order valence-corrected chi connectivity index (χ0v) is 7.96. The third kappa shape index (κ3) is 4.59. The molecule has 0 radical (unpaired) electrons. The number of nitrogens with zero attached hydrogens (tertiary/aromatic N) is 2. The predicted octanol–water partition coefficient (Wildman–Crippen LogP) is 2.53. The molecule has 0 fully saturated rings. The van der Waals surface area contributed by atoms with E-state index in [1.54, 1.807) is 6.20 Å². The van der Waals surface area contributed by atoms with E-state index in [1.165, 1.54) is 12.8 Å². The minimum absolute atomic E-state index is 1.06. The summed E-state index contributed by atoms with van der Waals surface area (Å²) in [6.07, 6.45) is 6.35. The summed E-state index contributed by atoms with van der Waals surface area (Å²) in [5.74, 6) is 1.06. The van der Waals surface area contributed by atoms with Crippen LogP contribution in [0.5, 0.6) is 0 Å². The molecule has 64 valence electrons. The number of imidazole rings is 1. The van der Waals surface area contributed by atoms with Crippen molar-refractivity contribution in [2.24, 2.45) is 7.05 Å². The summed E-state index contributed by atoms with van der Waals surface area (Å²) >= 11 is 0. The molecule has 2 nitrogen and oxygen atoms in total.